The van der Waals surface area contributed by atoms with Gasteiger partial charge in [0.1, 0.15) is 23.4 Å². The number of amides is 1. The first-order valence-corrected chi connectivity index (χ1v) is 13.1. The van der Waals surface area contributed by atoms with Crippen LogP contribution in [0.2, 0.25) is 0 Å². The SMILES string of the molecule is Cc1cnc2ccc(-c3nc(C(=O)NCc4cccc(N5CC6(CN(C)C6)C5)n4)c(N)nc3-c3ncco3)cn12. The van der Waals surface area contributed by atoms with Gasteiger partial charge < -0.3 is 29.7 Å². The number of nitrogens with zero attached hydrogens (tertiary/aromatic N) is 8. The molecule has 2 aliphatic rings. The van der Waals surface area contributed by atoms with Crippen LogP contribution in [-0.2, 0) is 6.54 Å². The maximum absolute atomic E-state index is 13.3. The number of anilines is 2. The van der Waals surface area contributed by atoms with Gasteiger partial charge in [0.2, 0.25) is 5.89 Å². The number of carbonyl (C=O) groups excluding carboxylic acids is 1. The highest BCUT2D eigenvalue weighted by atomic mass is 16.3. The summed E-state index contributed by atoms with van der Waals surface area (Å²) in [5.74, 6) is 0.713. The van der Waals surface area contributed by atoms with Crippen LogP contribution in [0.3, 0.4) is 0 Å². The Labute approximate surface area is 229 Å². The van der Waals surface area contributed by atoms with Gasteiger partial charge in [0, 0.05) is 55.2 Å². The van der Waals surface area contributed by atoms with Crippen LogP contribution in [0.15, 0.2) is 59.6 Å². The first-order valence-electron chi connectivity index (χ1n) is 13.1. The van der Waals surface area contributed by atoms with Crippen LogP contribution in [0.4, 0.5) is 11.6 Å². The van der Waals surface area contributed by atoms with E-state index in [1.54, 1.807) is 6.20 Å². The van der Waals surface area contributed by atoms with E-state index in [-0.39, 0.29) is 23.9 Å². The molecule has 0 aliphatic carbocycles. The molecule has 5 aromatic rings. The minimum absolute atomic E-state index is 0.0164. The highest BCUT2D eigenvalue weighted by molar-refractivity contribution is 5.97. The average molecular weight is 537 g/mol. The summed E-state index contributed by atoms with van der Waals surface area (Å²) >= 11 is 0. The molecule has 2 fully saturated rings. The Morgan fingerprint density at radius 1 is 1.07 bits per heavy atom. The first-order chi connectivity index (χ1) is 19.4. The molecular weight excluding hydrogens is 508 g/mol. The third kappa shape index (κ3) is 4.13. The lowest BCUT2D eigenvalue weighted by atomic mass is 9.73. The Kier molecular flexibility index (Phi) is 5.52. The zero-order valence-electron chi connectivity index (χ0n) is 22.2. The molecule has 0 unspecified atom stereocenters. The van der Waals surface area contributed by atoms with Crippen molar-refractivity contribution in [1.82, 2.24) is 39.5 Å². The van der Waals surface area contributed by atoms with E-state index in [1.165, 1.54) is 12.5 Å². The number of rotatable bonds is 6. The van der Waals surface area contributed by atoms with E-state index in [0.717, 1.165) is 49.0 Å². The van der Waals surface area contributed by atoms with Crippen LogP contribution >= 0.6 is 0 Å². The number of aryl methyl sites for hydroxylation is 1. The number of imidazole rings is 1. The number of nitrogen functional groups attached to an aromatic ring is 1. The molecule has 40 heavy (non-hydrogen) atoms. The van der Waals surface area contributed by atoms with Gasteiger partial charge in [-0.15, -0.1) is 0 Å². The maximum atomic E-state index is 13.3. The van der Waals surface area contributed by atoms with Crippen LogP contribution in [0.5, 0.6) is 0 Å². The van der Waals surface area contributed by atoms with Crippen molar-refractivity contribution in [1.29, 1.82) is 0 Å². The summed E-state index contributed by atoms with van der Waals surface area (Å²) in [7, 11) is 2.15. The maximum Gasteiger partial charge on any atom is 0.274 e. The monoisotopic (exact) mass is 536 g/mol. The van der Waals surface area contributed by atoms with E-state index in [0.29, 0.717) is 22.4 Å². The van der Waals surface area contributed by atoms with Crippen LogP contribution in [0, 0.1) is 12.3 Å². The molecule has 0 atom stereocenters. The van der Waals surface area contributed by atoms with Crippen molar-refractivity contribution in [3.8, 4) is 22.8 Å². The molecule has 5 aromatic heterocycles. The number of fused-ring (bicyclic) bond motifs is 1. The third-order valence-corrected chi connectivity index (χ3v) is 7.55. The lowest BCUT2D eigenvalue weighted by Gasteiger charge is -2.60. The van der Waals surface area contributed by atoms with Crippen molar-refractivity contribution in [3.05, 3.63) is 72.3 Å². The van der Waals surface area contributed by atoms with E-state index < -0.39 is 5.91 Å². The number of nitrogens with one attached hydrogen (secondary N) is 1. The molecule has 2 aliphatic heterocycles. The summed E-state index contributed by atoms with van der Waals surface area (Å²) in [5, 5.41) is 2.91. The van der Waals surface area contributed by atoms with E-state index in [2.05, 4.69) is 42.1 Å². The number of carbonyl (C=O) groups is 1. The normalized spacial score (nSPS) is 16.2. The first kappa shape index (κ1) is 24.2. The van der Waals surface area contributed by atoms with Gasteiger partial charge in [0.25, 0.3) is 5.91 Å². The van der Waals surface area contributed by atoms with Gasteiger partial charge in [-0.25, -0.2) is 24.9 Å². The number of oxazole rings is 1. The van der Waals surface area contributed by atoms with Crippen molar-refractivity contribution in [2.75, 3.05) is 43.9 Å². The molecule has 1 amide bonds. The molecule has 0 bridgehead atoms. The second-order valence-corrected chi connectivity index (χ2v) is 10.7. The Hall–Kier alpha value is -4.84. The number of aromatic nitrogens is 6. The van der Waals surface area contributed by atoms with Gasteiger partial charge >= 0.3 is 0 Å². The smallest absolute Gasteiger partial charge is 0.274 e. The Balaban J connectivity index is 1.14. The third-order valence-electron chi connectivity index (χ3n) is 7.55. The zero-order chi connectivity index (χ0) is 27.4. The fourth-order valence-electron chi connectivity index (χ4n) is 5.77. The van der Waals surface area contributed by atoms with E-state index in [9.17, 15) is 4.79 Å². The van der Waals surface area contributed by atoms with Crippen LogP contribution in [-0.4, -0.2) is 73.4 Å². The van der Waals surface area contributed by atoms with Crippen LogP contribution in [0.25, 0.3) is 28.5 Å². The zero-order valence-corrected chi connectivity index (χ0v) is 22.2. The summed E-state index contributed by atoms with van der Waals surface area (Å²) < 4.78 is 7.45. The number of pyridine rings is 2. The predicted octanol–water partition coefficient (Wildman–Crippen LogP) is 2.41. The summed E-state index contributed by atoms with van der Waals surface area (Å²) in [6.45, 7) is 6.48. The highest BCUT2D eigenvalue weighted by Crippen LogP contribution is 2.40. The number of nitrogens with two attached hydrogens (primary N) is 1. The number of likely N-dealkylation sites (tertiary alicyclic amines) is 1. The van der Waals surface area contributed by atoms with Gasteiger partial charge in [-0.3, -0.25) is 4.79 Å². The lowest BCUT2D eigenvalue weighted by molar-refractivity contribution is -0.00281. The second kappa shape index (κ2) is 9.12. The van der Waals surface area contributed by atoms with E-state index >= 15 is 0 Å². The highest BCUT2D eigenvalue weighted by Gasteiger charge is 2.50. The fourth-order valence-corrected chi connectivity index (χ4v) is 5.77. The average Bonchev–Trinajstić information content (AvgIpc) is 3.59. The quantitative estimate of drug-likeness (QED) is 0.332. The fraction of sp³-hybridized carbons (Fsp3) is 0.286. The molecule has 202 valence electrons. The van der Waals surface area contributed by atoms with Crippen LogP contribution < -0.4 is 16.0 Å². The molecule has 2 saturated heterocycles. The van der Waals surface area contributed by atoms with Crippen molar-refractivity contribution in [2.24, 2.45) is 5.41 Å². The molecule has 7 heterocycles. The molecule has 7 rings (SSSR count). The van der Waals surface area contributed by atoms with Crippen LogP contribution in [0.1, 0.15) is 21.9 Å². The second-order valence-electron chi connectivity index (χ2n) is 10.7. The Bertz CT molecular complexity index is 1730. The molecule has 3 N–H and O–H groups in total. The lowest BCUT2D eigenvalue weighted by Crippen LogP contribution is -2.71. The molecule has 0 saturated carbocycles. The summed E-state index contributed by atoms with van der Waals surface area (Å²) in [6, 6.07) is 9.61. The van der Waals surface area contributed by atoms with Crippen molar-refractivity contribution in [3.63, 3.8) is 0 Å². The van der Waals surface area contributed by atoms with Crippen molar-refractivity contribution < 1.29 is 9.21 Å². The van der Waals surface area contributed by atoms with E-state index in [4.69, 9.17) is 15.1 Å². The minimum Gasteiger partial charge on any atom is -0.443 e. The van der Waals surface area contributed by atoms with Gasteiger partial charge in [-0.1, -0.05) is 6.07 Å². The largest absolute Gasteiger partial charge is 0.443 e. The molecule has 0 radical (unpaired) electrons. The topological polar surface area (TPSA) is 144 Å². The number of hydrogen-bond acceptors (Lipinski definition) is 10. The number of hydrogen-bond donors (Lipinski definition) is 2. The Morgan fingerprint density at radius 2 is 1.93 bits per heavy atom. The van der Waals surface area contributed by atoms with E-state index in [1.807, 2.05) is 47.9 Å². The molecule has 12 nitrogen and oxygen atoms in total. The molecule has 0 aromatic carbocycles. The van der Waals surface area contributed by atoms with Gasteiger partial charge in [0.15, 0.2) is 17.2 Å². The standard InChI is InChI=1S/C28H28N10O2/c1-17-10-31-20-7-6-18(12-38(17)20)22-23(27-30-8-9-40-27)35-25(29)24(34-22)26(39)32-11-19-4-3-5-21(33-19)37-15-28(16-37)13-36(2)14-28/h3-10,12H,11,13-16H2,1-2H3,(H2,29,35)(H,32,39). The summed E-state index contributed by atoms with van der Waals surface area (Å²) in [4.78, 5) is 40.5. The van der Waals surface area contributed by atoms with Gasteiger partial charge in [0.05, 0.1) is 18.4 Å². The summed E-state index contributed by atoms with van der Waals surface area (Å²) in [5.41, 5.74) is 10.6. The van der Waals surface area contributed by atoms with Crippen molar-refractivity contribution >= 4 is 23.2 Å². The van der Waals surface area contributed by atoms with Crippen molar-refractivity contribution in [2.45, 2.75) is 13.5 Å². The molecule has 12 heteroatoms. The minimum atomic E-state index is -0.447. The molecular formula is C28H28N10O2. The predicted molar refractivity (Wildman–Crippen MR) is 148 cm³/mol. The van der Waals surface area contributed by atoms with Gasteiger partial charge in [-0.05, 0) is 38.2 Å². The van der Waals surface area contributed by atoms with Gasteiger partial charge in [-0.2, -0.15) is 0 Å². The molecule has 1 spiro atoms. The Morgan fingerprint density at radius 3 is 2.70 bits per heavy atom. The summed E-state index contributed by atoms with van der Waals surface area (Å²) in [6.07, 6.45) is 6.65.